The monoisotopic (exact) mass is 275 g/mol. The molecule has 5 nitrogen and oxygen atoms in total. The van der Waals surface area contributed by atoms with Crippen molar-refractivity contribution in [3.05, 3.63) is 72.8 Å². The van der Waals surface area contributed by atoms with E-state index in [9.17, 15) is 0 Å². The first-order chi connectivity index (χ1) is 7.93. The van der Waals surface area contributed by atoms with E-state index in [1.807, 2.05) is 25.1 Å². The summed E-state index contributed by atoms with van der Waals surface area (Å²) in [6, 6.07) is 10.3. The Kier molecular flexibility index (Phi) is 81.9. The normalized spacial score (nSPS) is 4.65. The summed E-state index contributed by atoms with van der Waals surface area (Å²) in [4.78, 5) is 7.25. The van der Waals surface area contributed by atoms with Gasteiger partial charge in [0.1, 0.15) is 0 Å². The maximum Gasteiger partial charge on any atom is 2.00 e. The third kappa shape index (κ3) is 31.4. The molecule has 0 saturated heterocycles. The van der Waals surface area contributed by atoms with E-state index in [0.717, 1.165) is 0 Å². The Morgan fingerprint density at radius 3 is 1.41 bits per heavy atom. The van der Waals surface area contributed by atoms with Crippen LogP contribution in [0.2, 0.25) is 0 Å². The van der Waals surface area contributed by atoms with Crippen LogP contribution in [-0.4, -0.2) is 0 Å². The summed E-state index contributed by atoms with van der Waals surface area (Å²) >= 11 is 0. The van der Waals surface area contributed by atoms with Crippen LogP contribution in [0.15, 0.2) is 30.3 Å². The number of hydrogen-bond acceptors (Lipinski definition) is 1. The first-order valence-electron chi connectivity index (χ1n) is 3.57. The standard InChI is InChI=1S/C8H9.3CO.Fe.NO/c1-2-8-6-4-3-5-7-8;3*1-2;;1-2/h2-7H,1H3;;;;;/q-1;;;;+2;-1. The first kappa shape index (κ1) is 29.5. The first-order valence-corrected chi connectivity index (χ1v) is 3.57. The maximum absolute atomic E-state index is 7.50. The van der Waals surface area contributed by atoms with E-state index < -0.39 is 0 Å². The predicted octanol–water partition coefficient (Wildman–Crippen LogP) is 2.47. The van der Waals surface area contributed by atoms with Gasteiger partial charge in [-0.1, -0.05) is 13.0 Å². The Morgan fingerprint density at radius 2 is 1.24 bits per heavy atom. The van der Waals surface area contributed by atoms with E-state index in [4.69, 9.17) is 24.5 Å². The molecule has 0 spiro atoms. The van der Waals surface area contributed by atoms with Crippen molar-refractivity contribution < 1.29 is 31.0 Å². The van der Waals surface area contributed by atoms with Gasteiger partial charge in [-0.05, 0) is 0 Å². The Bertz CT molecular complexity index is 258. The zero-order valence-corrected chi connectivity index (χ0v) is 10.0. The molecule has 6 heteroatoms. The van der Waals surface area contributed by atoms with Crippen LogP contribution < -0.4 is 0 Å². The molecule has 0 fully saturated rings. The van der Waals surface area contributed by atoms with Crippen molar-refractivity contribution >= 4 is 0 Å². The molecule has 0 aliphatic carbocycles. The van der Waals surface area contributed by atoms with Crippen molar-refractivity contribution in [1.82, 2.24) is 0 Å². The van der Waals surface area contributed by atoms with E-state index >= 15 is 0 Å². The quantitative estimate of drug-likeness (QED) is 0.439. The molecule has 0 amide bonds. The Labute approximate surface area is 111 Å². The van der Waals surface area contributed by atoms with Gasteiger partial charge in [-0.3, -0.25) is 0 Å². The molecule has 0 bridgehead atoms. The molecule has 0 saturated carbocycles. The van der Waals surface area contributed by atoms with Crippen LogP contribution in [0.1, 0.15) is 12.5 Å². The molecule has 0 aliphatic heterocycles. The SMILES string of the molecule is C[CH-]c1ccccc1.[C-]#[O+].[C-]#[O+].[C-]#[O+].[Fe+2].[N-]=O. The molecule has 0 radical (unpaired) electrons. The second-order valence-corrected chi connectivity index (χ2v) is 1.70. The van der Waals surface area contributed by atoms with Crippen molar-refractivity contribution in [2.45, 2.75) is 6.92 Å². The maximum atomic E-state index is 7.50. The van der Waals surface area contributed by atoms with Crippen LogP contribution in [0, 0.1) is 31.3 Å². The molecular formula is C11H9FeNO4. The Hall–Kier alpha value is -1.57. The molecule has 0 aromatic heterocycles. The van der Waals surface area contributed by atoms with Gasteiger partial charge in [0, 0.05) is 0 Å². The van der Waals surface area contributed by atoms with Crippen LogP contribution in [0.4, 0.5) is 0 Å². The molecule has 0 aliphatic rings. The van der Waals surface area contributed by atoms with E-state index in [2.05, 4.69) is 38.5 Å². The molecule has 1 rings (SSSR count). The van der Waals surface area contributed by atoms with Crippen molar-refractivity contribution in [2.75, 3.05) is 0 Å². The predicted molar refractivity (Wildman–Crippen MR) is 54.0 cm³/mol. The third-order valence-corrected chi connectivity index (χ3v) is 1.13. The fraction of sp³-hybridized carbons (Fsp3) is 0.0909. The van der Waals surface area contributed by atoms with E-state index in [0.29, 0.717) is 0 Å². The minimum atomic E-state index is 0. The van der Waals surface area contributed by atoms with Crippen LogP contribution in [0.5, 0.6) is 0 Å². The summed E-state index contributed by atoms with van der Waals surface area (Å²) in [6.07, 6.45) is 2.08. The van der Waals surface area contributed by atoms with Crippen molar-refractivity contribution in [3.8, 4) is 0 Å². The number of benzene rings is 1. The molecule has 0 atom stereocenters. The average Bonchev–Trinajstić information content (AvgIpc) is 2.48. The molecule has 17 heavy (non-hydrogen) atoms. The van der Waals surface area contributed by atoms with Crippen molar-refractivity contribution in [2.24, 2.45) is 0 Å². The van der Waals surface area contributed by atoms with Gasteiger partial charge in [-0.2, -0.15) is 24.1 Å². The van der Waals surface area contributed by atoms with Gasteiger partial charge in [-0.15, -0.1) is 12.1 Å². The molecular weight excluding hydrogens is 266 g/mol. The van der Waals surface area contributed by atoms with E-state index in [1.54, 1.807) is 0 Å². The van der Waals surface area contributed by atoms with E-state index in [-0.39, 0.29) is 17.1 Å². The third-order valence-electron chi connectivity index (χ3n) is 1.13. The molecule has 0 unspecified atom stereocenters. The van der Waals surface area contributed by atoms with Gasteiger partial charge in [0.05, 0.1) is 0 Å². The second kappa shape index (κ2) is 47.1. The summed E-state index contributed by atoms with van der Waals surface area (Å²) in [5.41, 5.74) is 7.03. The zero-order chi connectivity index (χ0) is 13.8. The smallest absolute Gasteiger partial charge is 0.577 e. The van der Waals surface area contributed by atoms with Gasteiger partial charge in [0.2, 0.25) is 0 Å². The summed E-state index contributed by atoms with van der Waals surface area (Å²) in [6.45, 7) is 15.5. The number of nitroso groups, excluding NO2 is 1. The molecule has 90 valence electrons. The average molecular weight is 275 g/mol. The molecule has 0 heterocycles. The van der Waals surface area contributed by atoms with Crippen LogP contribution >= 0.6 is 0 Å². The number of nitrogens with zero attached hydrogens (tertiary/aromatic N) is 1. The van der Waals surface area contributed by atoms with Crippen LogP contribution in [0.25, 0.3) is 5.59 Å². The fourth-order valence-corrected chi connectivity index (χ4v) is 0.645. The number of hydrogen-bond donors (Lipinski definition) is 0. The Morgan fingerprint density at radius 1 is 0.941 bits per heavy atom. The Balaban J connectivity index is -0.0000000462. The minimum absolute atomic E-state index is 0. The topological polar surface area (TPSA) is 99.1 Å². The fourth-order valence-electron chi connectivity index (χ4n) is 0.645. The summed E-state index contributed by atoms with van der Waals surface area (Å²) in [5.74, 6) is 0. The summed E-state index contributed by atoms with van der Waals surface area (Å²) in [7, 11) is 0. The van der Waals surface area contributed by atoms with Crippen molar-refractivity contribution in [1.29, 1.82) is 0 Å². The minimum Gasteiger partial charge on any atom is -0.577 e. The second-order valence-electron chi connectivity index (χ2n) is 1.70. The van der Waals surface area contributed by atoms with Gasteiger partial charge in [0.25, 0.3) is 0 Å². The van der Waals surface area contributed by atoms with Gasteiger partial charge in [0.15, 0.2) is 0 Å². The molecule has 1 aromatic carbocycles. The van der Waals surface area contributed by atoms with Gasteiger partial charge < -0.3 is 10.5 Å². The number of rotatable bonds is 1. The largest absolute Gasteiger partial charge is 2.00 e. The molecule has 1 aromatic rings. The summed E-state index contributed by atoms with van der Waals surface area (Å²) in [5, 5.41) is 0. The van der Waals surface area contributed by atoms with Gasteiger partial charge in [-0.25, -0.2) is 0 Å². The van der Waals surface area contributed by atoms with Crippen LogP contribution in [0.3, 0.4) is 0 Å². The van der Waals surface area contributed by atoms with Crippen LogP contribution in [-0.2, 0) is 31.0 Å². The summed E-state index contributed by atoms with van der Waals surface area (Å²) < 4.78 is 22.5. The van der Waals surface area contributed by atoms with Gasteiger partial charge >= 0.3 is 51.0 Å². The van der Waals surface area contributed by atoms with Crippen molar-refractivity contribution in [3.63, 3.8) is 0 Å². The molecule has 0 N–H and O–H groups in total. The van der Waals surface area contributed by atoms with E-state index in [1.165, 1.54) is 5.56 Å². The zero-order valence-electron chi connectivity index (χ0n) is 8.90.